The van der Waals surface area contributed by atoms with E-state index < -0.39 is 4.76 Å². The van der Waals surface area contributed by atoms with Crippen molar-refractivity contribution in [2.75, 3.05) is 13.1 Å². The van der Waals surface area contributed by atoms with Crippen LogP contribution in [-0.4, -0.2) is 17.8 Å². The lowest BCUT2D eigenvalue weighted by molar-refractivity contribution is -0.892. The van der Waals surface area contributed by atoms with Gasteiger partial charge >= 0.3 is 0 Å². The van der Waals surface area contributed by atoms with Crippen molar-refractivity contribution in [1.82, 2.24) is 0 Å². The highest BCUT2D eigenvalue weighted by atomic mass is 16.6. The molecule has 0 aromatic carbocycles. The summed E-state index contributed by atoms with van der Waals surface area (Å²) in [5, 5.41) is 11.6. The maximum absolute atomic E-state index is 11.6. The van der Waals surface area contributed by atoms with E-state index in [1.807, 2.05) is 6.92 Å². The van der Waals surface area contributed by atoms with Crippen molar-refractivity contribution in [3.05, 3.63) is 5.21 Å². The van der Waals surface area contributed by atoms with Crippen molar-refractivity contribution < 1.29 is 4.76 Å². The molecule has 0 radical (unpaired) electrons. The molecule has 0 amide bonds. The van der Waals surface area contributed by atoms with Crippen LogP contribution in [0.25, 0.3) is 0 Å². The number of unbranched alkanes of at least 4 members (excludes halogenated alkanes) is 7. The summed E-state index contributed by atoms with van der Waals surface area (Å²) in [6.45, 7) is 5.38. The van der Waals surface area contributed by atoms with Gasteiger partial charge in [-0.3, -0.25) is 4.76 Å². The molecule has 0 aliphatic rings. The molecule has 0 aliphatic heterocycles. The van der Waals surface area contributed by atoms with Gasteiger partial charge in [-0.25, -0.2) is 0 Å². The molecule has 3 heteroatoms. The zero-order valence-corrected chi connectivity index (χ0v) is 11.2. The number of rotatable bonds is 11. The van der Waals surface area contributed by atoms with Crippen molar-refractivity contribution in [3.63, 3.8) is 0 Å². The molecule has 0 saturated heterocycles. The zero-order chi connectivity index (χ0) is 12.3. The third kappa shape index (κ3) is 10.4. The molecule has 0 rings (SSSR count). The van der Waals surface area contributed by atoms with Crippen LogP contribution in [0.5, 0.6) is 0 Å². The molecule has 0 bridgehead atoms. The van der Waals surface area contributed by atoms with E-state index >= 15 is 0 Å². The maximum atomic E-state index is 11.6. The SMILES string of the molecule is CCCCCCCCCC[N+](N)([O-])CCC. The van der Waals surface area contributed by atoms with Gasteiger partial charge in [0, 0.05) is 0 Å². The molecular formula is C13H30N2O. The molecule has 16 heavy (non-hydrogen) atoms. The second kappa shape index (κ2) is 10.1. The Balaban J connectivity index is 3.20. The fraction of sp³-hybridized carbons (Fsp3) is 1.00. The van der Waals surface area contributed by atoms with Crippen LogP contribution in [0.15, 0.2) is 0 Å². The predicted octanol–water partition coefficient (Wildman–Crippen LogP) is 3.73. The fourth-order valence-corrected chi connectivity index (χ4v) is 2.00. The van der Waals surface area contributed by atoms with Crippen LogP contribution in [-0.2, 0) is 0 Å². The van der Waals surface area contributed by atoms with E-state index in [1.165, 1.54) is 38.5 Å². The molecular weight excluding hydrogens is 200 g/mol. The molecule has 0 aliphatic carbocycles. The van der Waals surface area contributed by atoms with Gasteiger partial charge in [0.15, 0.2) is 0 Å². The lowest BCUT2D eigenvalue weighted by Crippen LogP contribution is -2.50. The Morgan fingerprint density at radius 1 is 0.750 bits per heavy atom. The first-order valence-electron chi connectivity index (χ1n) is 6.99. The molecule has 0 heterocycles. The second-order valence-corrected chi connectivity index (χ2v) is 4.87. The summed E-state index contributed by atoms with van der Waals surface area (Å²) in [5.41, 5.74) is 0. The topological polar surface area (TPSA) is 49.1 Å². The standard InChI is InChI=1S/C13H30N2O/c1-3-5-6-7-8-9-10-11-13-15(14,16)12-4-2/h3-14H2,1-2H3. The Morgan fingerprint density at radius 2 is 1.25 bits per heavy atom. The van der Waals surface area contributed by atoms with E-state index in [4.69, 9.17) is 5.84 Å². The summed E-state index contributed by atoms with van der Waals surface area (Å²) in [5.74, 6) is 5.59. The summed E-state index contributed by atoms with van der Waals surface area (Å²) in [6, 6.07) is 0. The zero-order valence-electron chi connectivity index (χ0n) is 11.2. The van der Waals surface area contributed by atoms with Gasteiger partial charge in [0.05, 0.1) is 13.1 Å². The van der Waals surface area contributed by atoms with E-state index in [0.717, 1.165) is 19.3 Å². The van der Waals surface area contributed by atoms with Crippen LogP contribution in [0.2, 0.25) is 0 Å². The van der Waals surface area contributed by atoms with Gasteiger partial charge in [-0.15, -0.1) is 0 Å². The van der Waals surface area contributed by atoms with E-state index in [-0.39, 0.29) is 0 Å². The highest BCUT2D eigenvalue weighted by Gasteiger charge is 2.08. The minimum absolute atomic E-state index is 0.535. The second-order valence-electron chi connectivity index (χ2n) is 4.87. The van der Waals surface area contributed by atoms with E-state index in [2.05, 4.69) is 6.92 Å². The monoisotopic (exact) mass is 230 g/mol. The predicted molar refractivity (Wildman–Crippen MR) is 70.4 cm³/mol. The largest absolute Gasteiger partial charge is 0.612 e. The lowest BCUT2D eigenvalue weighted by atomic mass is 10.1. The first kappa shape index (κ1) is 15.9. The van der Waals surface area contributed by atoms with Gasteiger partial charge in [-0.2, -0.15) is 5.84 Å². The minimum atomic E-state index is -0.535. The third-order valence-electron chi connectivity index (χ3n) is 2.99. The first-order chi connectivity index (χ1) is 7.62. The van der Waals surface area contributed by atoms with Crippen LogP contribution in [0.3, 0.4) is 0 Å². The first-order valence-corrected chi connectivity index (χ1v) is 6.99. The van der Waals surface area contributed by atoms with Crippen LogP contribution in [0.4, 0.5) is 0 Å². The molecule has 0 fully saturated rings. The minimum Gasteiger partial charge on any atom is -0.612 e. The Kier molecular flexibility index (Phi) is 9.99. The fourth-order valence-electron chi connectivity index (χ4n) is 2.00. The highest BCUT2D eigenvalue weighted by Crippen LogP contribution is 2.09. The number of hydroxylamine groups is 2. The Labute approximate surface area is 101 Å². The molecule has 0 aromatic rings. The van der Waals surface area contributed by atoms with Crippen LogP contribution in [0.1, 0.15) is 71.6 Å². The van der Waals surface area contributed by atoms with Gasteiger partial charge in [0.2, 0.25) is 0 Å². The molecule has 0 aromatic heterocycles. The average molecular weight is 230 g/mol. The summed E-state index contributed by atoms with van der Waals surface area (Å²) >= 11 is 0. The Hall–Kier alpha value is -0.120. The number of nitrogens with two attached hydrogens (primary N) is 1. The van der Waals surface area contributed by atoms with Gasteiger partial charge in [-0.1, -0.05) is 52.4 Å². The number of hydrogen-bond donors (Lipinski definition) is 1. The van der Waals surface area contributed by atoms with E-state index in [0.29, 0.717) is 13.1 Å². The molecule has 0 spiro atoms. The van der Waals surface area contributed by atoms with Crippen molar-refractivity contribution >= 4 is 0 Å². The van der Waals surface area contributed by atoms with Crippen molar-refractivity contribution in [3.8, 4) is 0 Å². The van der Waals surface area contributed by atoms with Gasteiger partial charge in [-0.05, 0) is 19.3 Å². The number of nitrogens with zero attached hydrogens (tertiary/aromatic N) is 1. The number of quaternary nitrogens is 1. The molecule has 1 atom stereocenters. The van der Waals surface area contributed by atoms with E-state index in [9.17, 15) is 5.21 Å². The molecule has 2 N–H and O–H groups in total. The average Bonchev–Trinajstić information content (AvgIpc) is 2.22. The quantitative estimate of drug-likeness (QED) is 0.254. The lowest BCUT2D eigenvalue weighted by Gasteiger charge is -2.36. The van der Waals surface area contributed by atoms with E-state index in [1.54, 1.807) is 0 Å². The smallest absolute Gasteiger partial charge is 0.0958 e. The molecule has 98 valence electrons. The number of hydrogen-bond acceptors (Lipinski definition) is 2. The highest BCUT2D eigenvalue weighted by molar-refractivity contribution is 4.46. The summed E-state index contributed by atoms with van der Waals surface area (Å²) in [4.78, 5) is 0. The maximum Gasteiger partial charge on any atom is 0.0958 e. The normalized spacial score (nSPS) is 15.0. The molecule has 0 saturated carbocycles. The van der Waals surface area contributed by atoms with Gasteiger partial charge < -0.3 is 5.21 Å². The van der Waals surface area contributed by atoms with Crippen molar-refractivity contribution in [2.24, 2.45) is 5.84 Å². The Morgan fingerprint density at radius 3 is 1.75 bits per heavy atom. The molecule has 3 nitrogen and oxygen atoms in total. The summed E-state index contributed by atoms with van der Waals surface area (Å²) in [6.07, 6.45) is 11.0. The van der Waals surface area contributed by atoms with Gasteiger partial charge in [0.25, 0.3) is 0 Å². The Bertz CT molecular complexity index is 149. The third-order valence-corrected chi connectivity index (χ3v) is 2.99. The van der Waals surface area contributed by atoms with Crippen molar-refractivity contribution in [1.29, 1.82) is 0 Å². The van der Waals surface area contributed by atoms with Crippen LogP contribution < -0.4 is 5.84 Å². The van der Waals surface area contributed by atoms with Crippen molar-refractivity contribution in [2.45, 2.75) is 71.6 Å². The van der Waals surface area contributed by atoms with Crippen LogP contribution in [0, 0.1) is 5.21 Å². The summed E-state index contributed by atoms with van der Waals surface area (Å²) < 4.78 is -0.535. The molecule has 1 unspecified atom stereocenters. The summed E-state index contributed by atoms with van der Waals surface area (Å²) in [7, 11) is 0. The van der Waals surface area contributed by atoms with Crippen LogP contribution >= 0.6 is 0 Å². The van der Waals surface area contributed by atoms with Gasteiger partial charge in [0.1, 0.15) is 0 Å².